The highest BCUT2D eigenvalue weighted by atomic mass is 35.5. The van der Waals surface area contributed by atoms with Gasteiger partial charge in [0.1, 0.15) is 11.9 Å². The number of benzene rings is 2. The maximum Gasteiger partial charge on any atom is 0.224 e. The van der Waals surface area contributed by atoms with Crippen LogP contribution in [0.4, 0.5) is 0 Å². The third kappa shape index (κ3) is 6.13. The molecular formula is C22H26Cl2N2O2. The van der Waals surface area contributed by atoms with Crippen LogP contribution in [0.3, 0.4) is 0 Å². The van der Waals surface area contributed by atoms with Gasteiger partial charge in [-0.1, -0.05) is 47.5 Å². The van der Waals surface area contributed by atoms with E-state index in [0.717, 1.165) is 49.4 Å². The molecule has 1 N–H and O–H groups in total. The molecule has 2 aromatic rings. The summed E-state index contributed by atoms with van der Waals surface area (Å²) in [6.07, 6.45) is 2.53. The van der Waals surface area contributed by atoms with Crippen molar-refractivity contribution in [2.24, 2.45) is 0 Å². The van der Waals surface area contributed by atoms with E-state index < -0.39 is 0 Å². The fourth-order valence-corrected chi connectivity index (χ4v) is 3.68. The number of nitrogens with zero attached hydrogens (tertiary/aromatic N) is 1. The lowest BCUT2D eigenvalue weighted by Crippen LogP contribution is -2.42. The number of piperidine rings is 1. The number of nitrogens with one attached hydrogen (secondary N) is 1. The molecule has 150 valence electrons. The Hall–Kier alpha value is -1.75. The van der Waals surface area contributed by atoms with Crippen LogP contribution in [-0.4, -0.2) is 43.1 Å². The van der Waals surface area contributed by atoms with E-state index >= 15 is 0 Å². The number of rotatable bonds is 7. The van der Waals surface area contributed by atoms with Crippen LogP contribution < -0.4 is 10.1 Å². The highest BCUT2D eigenvalue weighted by Crippen LogP contribution is 2.28. The number of likely N-dealkylation sites (tertiary alicyclic amines) is 1. The molecule has 0 aromatic heterocycles. The molecule has 0 spiro atoms. The number of amides is 1. The fourth-order valence-electron chi connectivity index (χ4n) is 3.39. The van der Waals surface area contributed by atoms with E-state index in [2.05, 4.69) is 10.2 Å². The van der Waals surface area contributed by atoms with E-state index in [0.29, 0.717) is 23.0 Å². The number of halogens is 2. The lowest BCUT2D eigenvalue weighted by atomic mass is 10.1. The highest BCUT2D eigenvalue weighted by Gasteiger charge is 2.20. The molecule has 0 bridgehead atoms. The molecule has 28 heavy (non-hydrogen) atoms. The Kier molecular flexibility index (Phi) is 7.60. The normalized spacial score (nSPS) is 15.4. The van der Waals surface area contributed by atoms with Crippen molar-refractivity contribution < 1.29 is 9.53 Å². The maximum absolute atomic E-state index is 12.1. The van der Waals surface area contributed by atoms with E-state index in [1.165, 1.54) is 0 Å². The summed E-state index contributed by atoms with van der Waals surface area (Å²) in [7, 11) is 0. The third-order valence-electron chi connectivity index (χ3n) is 5.09. The Morgan fingerprint density at radius 1 is 1.14 bits per heavy atom. The minimum absolute atomic E-state index is 0.0761. The summed E-state index contributed by atoms with van der Waals surface area (Å²) in [6, 6.07) is 13.4. The van der Waals surface area contributed by atoms with Crippen molar-refractivity contribution in [2.45, 2.75) is 32.3 Å². The number of ether oxygens (including phenoxy) is 1. The second-order valence-corrected chi connectivity index (χ2v) is 8.00. The van der Waals surface area contributed by atoms with Crippen LogP contribution in [0.5, 0.6) is 5.75 Å². The van der Waals surface area contributed by atoms with Crippen LogP contribution in [0.2, 0.25) is 10.0 Å². The average molecular weight is 421 g/mol. The van der Waals surface area contributed by atoms with E-state index in [9.17, 15) is 4.79 Å². The number of carbonyl (C=O) groups excluding carboxylic acids is 1. The molecule has 0 radical (unpaired) electrons. The van der Waals surface area contributed by atoms with E-state index in [-0.39, 0.29) is 12.0 Å². The second kappa shape index (κ2) is 10.1. The van der Waals surface area contributed by atoms with Crippen molar-refractivity contribution in [1.29, 1.82) is 0 Å². The van der Waals surface area contributed by atoms with Crippen LogP contribution in [0.1, 0.15) is 24.0 Å². The van der Waals surface area contributed by atoms with Gasteiger partial charge in [-0.05, 0) is 43.0 Å². The second-order valence-electron chi connectivity index (χ2n) is 7.19. The van der Waals surface area contributed by atoms with Crippen molar-refractivity contribution in [2.75, 3.05) is 26.2 Å². The van der Waals surface area contributed by atoms with Crippen LogP contribution in [0, 0.1) is 6.92 Å². The quantitative estimate of drug-likeness (QED) is 0.716. The summed E-state index contributed by atoms with van der Waals surface area (Å²) in [5, 5.41) is 4.08. The Morgan fingerprint density at radius 3 is 2.61 bits per heavy atom. The van der Waals surface area contributed by atoms with Gasteiger partial charge in [-0.25, -0.2) is 0 Å². The summed E-state index contributed by atoms with van der Waals surface area (Å²) >= 11 is 12.0. The van der Waals surface area contributed by atoms with Gasteiger partial charge in [0.05, 0.1) is 16.5 Å². The largest absolute Gasteiger partial charge is 0.490 e. The molecule has 0 aliphatic carbocycles. The van der Waals surface area contributed by atoms with Gasteiger partial charge < -0.3 is 15.0 Å². The first-order valence-electron chi connectivity index (χ1n) is 9.66. The van der Waals surface area contributed by atoms with Gasteiger partial charge in [-0.15, -0.1) is 0 Å². The molecule has 1 fully saturated rings. The van der Waals surface area contributed by atoms with Gasteiger partial charge in [-0.3, -0.25) is 4.79 Å². The zero-order valence-electron chi connectivity index (χ0n) is 16.1. The minimum Gasteiger partial charge on any atom is -0.490 e. The average Bonchev–Trinajstić information content (AvgIpc) is 2.68. The highest BCUT2D eigenvalue weighted by molar-refractivity contribution is 6.42. The summed E-state index contributed by atoms with van der Waals surface area (Å²) in [6.45, 7) is 5.48. The maximum atomic E-state index is 12.1. The van der Waals surface area contributed by atoms with Crippen molar-refractivity contribution in [3.05, 3.63) is 63.6 Å². The molecule has 0 atom stereocenters. The Labute approximate surface area is 176 Å². The molecule has 6 heteroatoms. The topological polar surface area (TPSA) is 41.6 Å². The third-order valence-corrected chi connectivity index (χ3v) is 5.83. The monoisotopic (exact) mass is 420 g/mol. The molecule has 2 aromatic carbocycles. The lowest BCUT2D eigenvalue weighted by molar-refractivity contribution is -0.120. The van der Waals surface area contributed by atoms with Gasteiger partial charge in [0.15, 0.2) is 0 Å². The Morgan fingerprint density at radius 2 is 1.89 bits per heavy atom. The molecule has 4 nitrogen and oxygen atoms in total. The fraction of sp³-hybridized carbons (Fsp3) is 0.409. The number of carbonyl (C=O) groups is 1. The standard InChI is InChI=1S/C22H26Cl2N2O2/c1-16-4-2-3-5-17(16)14-22(27)25-10-13-26-11-8-18(9-12-26)28-19-6-7-20(23)21(24)15-19/h2-7,15,18H,8-14H2,1H3,(H,25,27). The lowest BCUT2D eigenvalue weighted by Gasteiger charge is -2.32. The molecule has 1 aliphatic rings. The SMILES string of the molecule is Cc1ccccc1CC(=O)NCCN1CCC(Oc2ccc(Cl)c(Cl)c2)CC1. The predicted molar refractivity (Wildman–Crippen MR) is 114 cm³/mol. The molecule has 1 aliphatic heterocycles. The molecule has 1 heterocycles. The first kappa shape index (κ1) is 21.0. The summed E-state index contributed by atoms with van der Waals surface area (Å²) in [4.78, 5) is 14.5. The van der Waals surface area contributed by atoms with E-state index in [4.69, 9.17) is 27.9 Å². The van der Waals surface area contributed by atoms with Crippen LogP contribution >= 0.6 is 23.2 Å². The van der Waals surface area contributed by atoms with E-state index in [1.54, 1.807) is 12.1 Å². The zero-order chi connectivity index (χ0) is 19.9. The van der Waals surface area contributed by atoms with E-state index in [1.807, 2.05) is 37.3 Å². The first-order chi connectivity index (χ1) is 13.5. The smallest absolute Gasteiger partial charge is 0.224 e. The predicted octanol–water partition coefficient (Wildman–Crippen LogP) is 4.50. The van der Waals surface area contributed by atoms with Gasteiger partial charge >= 0.3 is 0 Å². The van der Waals surface area contributed by atoms with Crippen LogP contribution in [0.15, 0.2) is 42.5 Å². The summed E-state index contributed by atoms with van der Waals surface area (Å²) in [5.41, 5.74) is 2.24. The number of hydrogen-bond donors (Lipinski definition) is 1. The molecule has 0 unspecified atom stereocenters. The number of aryl methyl sites for hydroxylation is 1. The zero-order valence-corrected chi connectivity index (χ0v) is 17.6. The van der Waals surface area contributed by atoms with Crippen molar-refractivity contribution in [1.82, 2.24) is 10.2 Å². The first-order valence-corrected chi connectivity index (χ1v) is 10.4. The molecule has 3 rings (SSSR count). The van der Waals surface area contributed by atoms with Crippen LogP contribution in [0.25, 0.3) is 0 Å². The molecular weight excluding hydrogens is 395 g/mol. The van der Waals surface area contributed by atoms with Crippen molar-refractivity contribution in [3.63, 3.8) is 0 Å². The Bertz CT molecular complexity index is 805. The Balaban J connectivity index is 1.35. The van der Waals surface area contributed by atoms with Gasteiger partial charge in [0.25, 0.3) is 0 Å². The molecule has 1 amide bonds. The minimum atomic E-state index is 0.0761. The summed E-state index contributed by atoms with van der Waals surface area (Å²) < 4.78 is 6.02. The van der Waals surface area contributed by atoms with Gasteiger partial charge in [0, 0.05) is 32.2 Å². The molecule has 1 saturated heterocycles. The number of hydrogen-bond acceptors (Lipinski definition) is 3. The van der Waals surface area contributed by atoms with Crippen LogP contribution in [-0.2, 0) is 11.2 Å². The summed E-state index contributed by atoms with van der Waals surface area (Å²) in [5.74, 6) is 0.837. The van der Waals surface area contributed by atoms with Crippen molar-refractivity contribution in [3.8, 4) is 5.75 Å². The van der Waals surface area contributed by atoms with Gasteiger partial charge in [0.2, 0.25) is 5.91 Å². The van der Waals surface area contributed by atoms with Gasteiger partial charge in [-0.2, -0.15) is 0 Å². The molecule has 0 saturated carbocycles. The van der Waals surface area contributed by atoms with Crippen molar-refractivity contribution >= 4 is 29.1 Å².